The summed E-state index contributed by atoms with van der Waals surface area (Å²) in [6, 6.07) is 5.15. The van der Waals surface area contributed by atoms with E-state index in [2.05, 4.69) is 51.7 Å². The highest BCUT2D eigenvalue weighted by molar-refractivity contribution is 5.39. The first-order valence-electron chi connectivity index (χ1n) is 8.52. The minimum absolute atomic E-state index is 0.509. The van der Waals surface area contributed by atoms with Crippen molar-refractivity contribution in [1.29, 1.82) is 0 Å². The van der Waals surface area contributed by atoms with Gasteiger partial charge in [-0.25, -0.2) is 0 Å². The highest BCUT2D eigenvalue weighted by atomic mass is 14.9. The Labute approximate surface area is 131 Å². The van der Waals surface area contributed by atoms with Crippen molar-refractivity contribution in [2.75, 3.05) is 6.54 Å². The van der Waals surface area contributed by atoms with E-state index in [1.54, 1.807) is 0 Å². The third-order valence-electron chi connectivity index (χ3n) is 4.13. The van der Waals surface area contributed by atoms with Crippen molar-refractivity contribution < 1.29 is 0 Å². The molecule has 0 saturated carbocycles. The predicted molar refractivity (Wildman–Crippen MR) is 95.0 cm³/mol. The molecule has 0 saturated heterocycles. The average Bonchev–Trinajstić information content (AvgIpc) is 2.42. The lowest BCUT2D eigenvalue weighted by Gasteiger charge is -2.23. The van der Waals surface area contributed by atoms with Crippen LogP contribution in [-0.2, 0) is 0 Å². The molecule has 1 N–H and O–H groups in total. The Hall–Kier alpha value is -1.08. The average molecular weight is 287 g/mol. The van der Waals surface area contributed by atoms with Gasteiger partial charge < -0.3 is 5.32 Å². The Morgan fingerprint density at radius 1 is 1.10 bits per heavy atom. The molecule has 0 heterocycles. The van der Waals surface area contributed by atoms with Gasteiger partial charge in [0, 0.05) is 6.04 Å². The van der Waals surface area contributed by atoms with Gasteiger partial charge in [-0.3, -0.25) is 0 Å². The van der Waals surface area contributed by atoms with Crippen molar-refractivity contribution in [3.05, 3.63) is 47.0 Å². The van der Waals surface area contributed by atoms with Crippen molar-refractivity contribution in [3.63, 3.8) is 0 Å². The summed E-state index contributed by atoms with van der Waals surface area (Å²) < 4.78 is 0. The van der Waals surface area contributed by atoms with Crippen LogP contribution < -0.4 is 5.32 Å². The fraction of sp³-hybridized carbons (Fsp3) is 0.600. The maximum atomic E-state index is 3.80. The lowest BCUT2D eigenvalue weighted by Crippen LogP contribution is -2.24. The third kappa shape index (κ3) is 6.05. The van der Waals surface area contributed by atoms with E-state index < -0.39 is 0 Å². The second kappa shape index (κ2) is 9.78. The van der Waals surface area contributed by atoms with E-state index in [-0.39, 0.29) is 0 Å². The number of rotatable bonds is 10. The van der Waals surface area contributed by atoms with Gasteiger partial charge in [-0.2, -0.15) is 0 Å². The molecule has 1 atom stereocenters. The number of aryl methyl sites for hydroxylation is 3. The van der Waals surface area contributed by atoms with Gasteiger partial charge in [-0.05, 0) is 69.7 Å². The molecule has 118 valence electrons. The van der Waals surface area contributed by atoms with E-state index >= 15 is 0 Å². The molecule has 1 rings (SSSR count). The van der Waals surface area contributed by atoms with E-state index in [1.165, 1.54) is 54.4 Å². The minimum atomic E-state index is 0.509. The van der Waals surface area contributed by atoms with E-state index in [4.69, 9.17) is 0 Å². The number of hydrogen-bond acceptors (Lipinski definition) is 1. The lowest BCUT2D eigenvalue weighted by molar-refractivity contribution is 0.469. The largest absolute Gasteiger partial charge is 0.310 e. The quantitative estimate of drug-likeness (QED) is 0.424. The van der Waals surface area contributed by atoms with E-state index in [1.807, 2.05) is 6.08 Å². The minimum Gasteiger partial charge on any atom is -0.310 e. The molecule has 0 aliphatic heterocycles. The van der Waals surface area contributed by atoms with Gasteiger partial charge in [0.1, 0.15) is 0 Å². The topological polar surface area (TPSA) is 12.0 Å². The fourth-order valence-electron chi connectivity index (χ4n) is 3.22. The van der Waals surface area contributed by atoms with Crippen LogP contribution in [0.2, 0.25) is 0 Å². The monoisotopic (exact) mass is 287 g/mol. The molecule has 1 aromatic rings. The molecular formula is C20H33N. The number of allylic oxidation sites excluding steroid dienone is 1. The first-order valence-corrected chi connectivity index (χ1v) is 8.52. The van der Waals surface area contributed by atoms with Crippen LogP contribution in [0.3, 0.4) is 0 Å². The molecule has 1 nitrogen and oxygen atoms in total. The first kappa shape index (κ1) is 18.0. The lowest BCUT2D eigenvalue weighted by atomic mass is 9.91. The number of hydrogen-bond donors (Lipinski definition) is 1. The van der Waals surface area contributed by atoms with Crippen LogP contribution >= 0.6 is 0 Å². The summed E-state index contributed by atoms with van der Waals surface area (Å²) in [6.45, 7) is 13.8. The Morgan fingerprint density at radius 3 is 2.33 bits per heavy atom. The molecule has 0 aliphatic carbocycles. The molecule has 0 radical (unpaired) electrons. The van der Waals surface area contributed by atoms with Crippen molar-refractivity contribution in [2.45, 2.75) is 72.3 Å². The summed E-state index contributed by atoms with van der Waals surface area (Å²) in [5.41, 5.74) is 5.77. The van der Waals surface area contributed by atoms with Crippen LogP contribution in [0.15, 0.2) is 24.8 Å². The van der Waals surface area contributed by atoms with Crippen LogP contribution in [0.4, 0.5) is 0 Å². The number of nitrogens with one attached hydrogen (secondary N) is 1. The van der Waals surface area contributed by atoms with Gasteiger partial charge in [0.15, 0.2) is 0 Å². The van der Waals surface area contributed by atoms with E-state index in [0.29, 0.717) is 6.04 Å². The predicted octanol–water partition coefficient (Wildman–Crippen LogP) is 5.79. The van der Waals surface area contributed by atoms with Gasteiger partial charge in [0.05, 0.1) is 0 Å². The first-order chi connectivity index (χ1) is 10.1. The zero-order valence-corrected chi connectivity index (χ0v) is 14.5. The van der Waals surface area contributed by atoms with Crippen LogP contribution in [0.5, 0.6) is 0 Å². The summed E-state index contributed by atoms with van der Waals surface area (Å²) in [5.74, 6) is 0. The smallest absolute Gasteiger partial charge is 0.0325 e. The Kier molecular flexibility index (Phi) is 8.37. The normalized spacial score (nSPS) is 12.4. The molecule has 1 unspecified atom stereocenters. The zero-order chi connectivity index (χ0) is 15.7. The van der Waals surface area contributed by atoms with Crippen molar-refractivity contribution in [2.24, 2.45) is 0 Å². The van der Waals surface area contributed by atoms with Crippen molar-refractivity contribution in [3.8, 4) is 0 Å². The molecular weight excluding hydrogens is 254 g/mol. The maximum absolute atomic E-state index is 3.80. The molecule has 0 spiro atoms. The molecule has 0 amide bonds. The Balaban J connectivity index is 2.74. The third-order valence-corrected chi connectivity index (χ3v) is 4.13. The van der Waals surface area contributed by atoms with Crippen LogP contribution in [0.25, 0.3) is 0 Å². The van der Waals surface area contributed by atoms with Gasteiger partial charge in [-0.15, -0.1) is 6.58 Å². The fourth-order valence-corrected chi connectivity index (χ4v) is 3.22. The SMILES string of the molecule is C=CCCCCCC(NCCC)c1c(C)cc(C)cc1C. The highest BCUT2D eigenvalue weighted by Crippen LogP contribution is 2.27. The Bertz CT molecular complexity index is 410. The van der Waals surface area contributed by atoms with Crippen molar-refractivity contribution in [1.82, 2.24) is 5.32 Å². The molecule has 0 aliphatic rings. The summed E-state index contributed by atoms with van der Waals surface area (Å²) >= 11 is 0. The van der Waals surface area contributed by atoms with Crippen LogP contribution in [0.1, 0.15) is 73.7 Å². The molecule has 0 bridgehead atoms. The standard InChI is InChI=1S/C20H33N/c1-6-8-9-10-11-12-19(21-13-7-2)20-17(4)14-16(3)15-18(20)5/h6,14-15,19,21H,1,7-13H2,2-5H3. The van der Waals surface area contributed by atoms with Gasteiger partial charge >= 0.3 is 0 Å². The van der Waals surface area contributed by atoms with Gasteiger partial charge in [-0.1, -0.05) is 43.5 Å². The molecule has 21 heavy (non-hydrogen) atoms. The molecule has 1 heteroatoms. The number of benzene rings is 1. The maximum Gasteiger partial charge on any atom is 0.0325 e. The molecule has 0 fully saturated rings. The Morgan fingerprint density at radius 2 is 1.76 bits per heavy atom. The van der Waals surface area contributed by atoms with Gasteiger partial charge in [0.2, 0.25) is 0 Å². The number of unbranched alkanes of at least 4 members (excludes halogenated alkanes) is 3. The van der Waals surface area contributed by atoms with E-state index in [0.717, 1.165) is 13.0 Å². The van der Waals surface area contributed by atoms with Crippen LogP contribution in [-0.4, -0.2) is 6.54 Å². The second-order valence-electron chi connectivity index (χ2n) is 6.25. The van der Waals surface area contributed by atoms with E-state index in [9.17, 15) is 0 Å². The second-order valence-corrected chi connectivity index (χ2v) is 6.25. The summed E-state index contributed by atoms with van der Waals surface area (Å²) in [4.78, 5) is 0. The van der Waals surface area contributed by atoms with Crippen molar-refractivity contribution >= 4 is 0 Å². The molecule has 1 aromatic carbocycles. The summed E-state index contributed by atoms with van der Waals surface area (Å²) in [5, 5.41) is 3.76. The van der Waals surface area contributed by atoms with Crippen LogP contribution in [0, 0.1) is 20.8 Å². The molecule has 0 aromatic heterocycles. The summed E-state index contributed by atoms with van der Waals surface area (Å²) in [7, 11) is 0. The highest BCUT2D eigenvalue weighted by Gasteiger charge is 2.15. The van der Waals surface area contributed by atoms with Gasteiger partial charge in [0.25, 0.3) is 0 Å². The summed E-state index contributed by atoms with van der Waals surface area (Å²) in [6.07, 6.45) is 9.48. The zero-order valence-electron chi connectivity index (χ0n) is 14.5.